The van der Waals surface area contributed by atoms with Gasteiger partial charge in [0.2, 0.25) is 0 Å². The molecule has 3 heteroatoms. The van der Waals surface area contributed by atoms with Gasteiger partial charge < -0.3 is 14.6 Å². The van der Waals surface area contributed by atoms with Crippen LogP contribution in [0.25, 0.3) is 0 Å². The highest BCUT2D eigenvalue weighted by molar-refractivity contribution is 5.13. The molecule has 2 N–H and O–H groups in total. The summed E-state index contributed by atoms with van der Waals surface area (Å²) < 4.78 is 5.12. The molecule has 2 aliphatic carbocycles. The molecule has 1 aromatic heterocycles. The van der Waals surface area contributed by atoms with Crippen molar-refractivity contribution in [3.8, 4) is 0 Å². The highest BCUT2D eigenvalue weighted by Gasteiger charge is 2.58. The van der Waals surface area contributed by atoms with Crippen LogP contribution in [0.5, 0.6) is 0 Å². The van der Waals surface area contributed by atoms with Crippen LogP contribution in [-0.2, 0) is 0 Å². The molecule has 130 valence electrons. The summed E-state index contributed by atoms with van der Waals surface area (Å²) in [5, 5.41) is 21.8. The zero-order chi connectivity index (χ0) is 16.9. The third-order valence-corrected chi connectivity index (χ3v) is 7.15. The zero-order valence-corrected chi connectivity index (χ0v) is 15.0. The van der Waals surface area contributed by atoms with E-state index in [4.69, 9.17) is 4.42 Å². The highest BCUT2D eigenvalue weighted by atomic mass is 16.3. The Labute approximate surface area is 140 Å². The lowest BCUT2D eigenvalue weighted by molar-refractivity contribution is -0.176. The Morgan fingerprint density at radius 2 is 1.96 bits per heavy atom. The molecule has 0 aromatic carbocycles. The van der Waals surface area contributed by atoms with Gasteiger partial charge in [0.05, 0.1) is 24.2 Å². The van der Waals surface area contributed by atoms with Crippen LogP contribution in [0.3, 0.4) is 0 Å². The Kier molecular flexibility index (Phi) is 4.17. The van der Waals surface area contributed by atoms with Crippen LogP contribution in [-0.4, -0.2) is 15.8 Å². The Morgan fingerprint density at radius 1 is 1.22 bits per heavy atom. The van der Waals surface area contributed by atoms with E-state index in [0.717, 1.165) is 24.8 Å². The van der Waals surface area contributed by atoms with Gasteiger partial charge in [-0.25, -0.2) is 0 Å². The van der Waals surface area contributed by atoms with Crippen molar-refractivity contribution in [2.45, 2.75) is 77.9 Å². The molecule has 0 aliphatic heterocycles. The van der Waals surface area contributed by atoms with Crippen LogP contribution in [0.2, 0.25) is 0 Å². The Hall–Kier alpha value is -0.800. The van der Waals surface area contributed by atoms with Gasteiger partial charge in [-0.1, -0.05) is 27.2 Å². The zero-order valence-electron chi connectivity index (χ0n) is 15.0. The normalized spacial score (nSPS) is 41.3. The minimum atomic E-state index is -0.705. The van der Waals surface area contributed by atoms with E-state index in [1.54, 1.807) is 12.5 Å². The first-order valence-electron chi connectivity index (χ1n) is 9.09. The third-order valence-electron chi connectivity index (χ3n) is 7.15. The van der Waals surface area contributed by atoms with Crippen LogP contribution in [0.15, 0.2) is 23.0 Å². The predicted molar refractivity (Wildman–Crippen MR) is 90.9 cm³/mol. The van der Waals surface area contributed by atoms with Crippen LogP contribution < -0.4 is 0 Å². The van der Waals surface area contributed by atoms with E-state index in [-0.39, 0.29) is 11.3 Å². The standard InChI is InChI=1S/C20H32O3/c1-18(2)8-5-9-19(3)16(18)6-10-20(4,22)17(19)12-15(21)14-7-11-23-13-14/h7,11,13,15-17,21-22H,5-6,8-10,12H2,1-4H3/t15-,16-,17-,19+,20-/m1/s1. The van der Waals surface area contributed by atoms with Crippen molar-refractivity contribution in [1.82, 2.24) is 0 Å². The van der Waals surface area contributed by atoms with Gasteiger partial charge in [-0.3, -0.25) is 0 Å². The smallest absolute Gasteiger partial charge is 0.0960 e. The van der Waals surface area contributed by atoms with Crippen molar-refractivity contribution in [3.05, 3.63) is 24.2 Å². The molecule has 0 unspecified atom stereocenters. The molecule has 3 rings (SSSR count). The van der Waals surface area contributed by atoms with E-state index >= 15 is 0 Å². The van der Waals surface area contributed by atoms with Gasteiger partial charge in [0.15, 0.2) is 0 Å². The van der Waals surface area contributed by atoms with Crippen molar-refractivity contribution in [1.29, 1.82) is 0 Å². The van der Waals surface area contributed by atoms with Crippen LogP contribution in [0.1, 0.15) is 77.9 Å². The minimum absolute atomic E-state index is 0.0915. The molecular weight excluding hydrogens is 288 g/mol. The molecule has 0 saturated heterocycles. The maximum Gasteiger partial charge on any atom is 0.0960 e. The summed E-state index contributed by atoms with van der Waals surface area (Å²) in [6.45, 7) is 9.11. The molecule has 23 heavy (non-hydrogen) atoms. The first-order chi connectivity index (χ1) is 10.7. The van der Waals surface area contributed by atoms with Crippen LogP contribution in [0.4, 0.5) is 0 Å². The maximum atomic E-state index is 11.1. The van der Waals surface area contributed by atoms with E-state index in [1.165, 1.54) is 12.8 Å². The van der Waals surface area contributed by atoms with Gasteiger partial charge in [-0.05, 0) is 67.8 Å². The summed E-state index contributed by atoms with van der Waals surface area (Å²) in [6.07, 6.45) is 8.83. The lowest BCUT2D eigenvalue weighted by atomic mass is 9.45. The van der Waals surface area contributed by atoms with Crippen molar-refractivity contribution >= 4 is 0 Å². The van der Waals surface area contributed by atoms with Gasteiger partial charge in [-0.15, -0.1) is 0 Å². The van der Waals surface area contributed by atoms with Crippen molar-refractivity contribution in [3.63, 3.8) is 0 Å². The van der Waals surface area contributed by atoms with Crippen LogP contribution >= 0.6 is 0 Å². The number of fused-ring (bicyclic) bond motifs is 1. The summed E-state index contributed by atoms with van der Waals surface area (Å²) >= 11 is 0. The van der Waals surface area contributed by atoms with Gasteiger partial charge in [0, 0.05) is 5.56 Å². The van der Waals surface area contributed by atoms with E-state index in [0.29, 0.717) is 17.8 Å². The van der Waals surface area contributed by atoms with E-state index in [9.17, 15) is 10.2 Å². The Bertz CT molecular complexity index is 531. The summed E-state index contributed by atoms with van der Waals surface area (Å²) in [5.41, 5.74) is 0.529. The molecule has 0 bridgehead atoms. The second-order valence-corrected chi connectivity index (χ2v) is 9.16. The number of hydrogen-bond acceptors (Lipinski definition) is 3. The summed E-state index contributed by atoms with van der Waals surface area (Å²) in [7, 11) is 0. The lowest BCUT2D eigenvalue weighted by Crippen LogP contribution is -2.57. The molecule has 0 spiro atoms. The Balaban J connectivity index is 1.90. The molecule has 1 aromatic rings. The molecule has 0 amide bonds. The molecule has 1 heterocycles. The minimum Gasteiger partial charge on any atom is -0.472 e. The van der Waals surface area contributed by atoms with Gasteiger partial charge in [-0.2, -0.15) is 0 Å². The third kappa shape index (κ3) is 2.87. The van der Waals surface area contributed by atoms with Gasteiger partial charge in [0.25, 0.3) is 0 Å². The highest BCUT2D eigenvalue weighted by Crippen LogP contribution is 2.63. The molecule has 2 saturated carbocycles. The fraction of sp³-hybridized carbons (Fsp3) is 0.800. The first-order valence-corrected chi connectivity index (χ1v) is 9.09. The number of aliphatic hydroxyl groups is 2. The van der Waals surface area contributed by atoms with E-state index < -0.39 is 11.7 Å². The summed E-state index contributed by atoms with van der Waals surface area (Å²) in [6, 6.07) is 1.83. The number of hydrogen-bond donors (Lipinski definition) is 2. The topological polar surface area (TPSA) is 53.6 Å². The second-order valence-electron chi connectivity index (χ2n) is 9.16. The van der Waals surface area contributed by atoms with E-state index in [2.05, 4.69) is 20.8 Å². The van der Waals surface area contributed by atoms with E-state index in [1.807, 2.05) is 13.0 Å². The fourth-order valence-electron chi connectivity index (χ4n) is 5.97. The number of furan rings is 1. The molecular formula is C20H32O3. The summed E-state index contributed by atoms with van der Waals surface area (Å²) in [5.74, 6) is 0.726. The largest absolute Gasteiger partial charge is 0.472 e. The molecule has 0 radical (unpaired) electrons. The molecule has 5 atom stereocenters. The first kappa shape index (κ1) is 17.0. The van der Waals surface area contributed by atoms with Gasteiger partial charge >= 0.3 is 0 Å². The molecule has 2 aliphatic rings. The predicted octanol–water partition coefficient (Wildman–Crippen LogP) is 4.70. The SMILES string of the molecule is CC1(C)CCC[C@@]2(C)[C@@H]1CC[C@@](C)(O)[C@@H]2C[C@@H](O)c1ccoc1. The Morgan fingerprint density at radius 3 is 2.61 bits per heavy atom. The maximum absolute atomic E-state index is 11.1. The molecule has 2 fully saturated rings. The van der Waals surface area contributed by atoms with Crippen LogP contribution in [0, 0.1) is 22.7 Å². The number of aliphatic hydroxyl groups excluding tert-OH is 1. The van der Waals surface area contributed by atoms with Crippen molar-refractivity contribution in [2.75, 3.05) is 0 Å². The fourth-order valence-corrected chi connectivity index (χ4v) is 5.97. The van der Waals surface area contributed by atoms with Gasteiger partial charge in [0.1, 0.15) is 0 Å². The molecule has 3 nitrogen and oxygen atoms in total. The lowest BCUT2D eigenvalue weighted by Gasteiger charge is -2.61. The summed E-state index contributed by atoms with van der Waals surface area (Å²) in [4.78, 5) is 0. The average Bonchev–Trinajstić information content (AvgIpc) is 2.95. The van der Waals surface area contributed by atoms with Crippen molar-refractivity contribution < 1.29 is 14.6 Å². The monoisotopic (exact) mass is 320 g/mol. The number of rotatable bonds is 3. The quantitative estimate of drug-likeness (QED) is 0.849. The average molecular weight is 320 g/mol. The second kappa shape index (κ2) is 5.63. The van der Waals surface area contributed by atoms with Crippen molar-refractivity contribution in [2.24, 2.45) is 22.7 Å².